The fraction of sp³-hybridized carbons (Fsp3) is 0.440. The number of hydrogen-bond acceptors (Lipinski definition) is 5. The van der Waals surface area contributed by atoms with Crippen LogP contribution in [0.1, 0.15) is 30.6 Å². The highest BCUT2D eigenvalue weighted by Crippen LogP contribution is 2.29. The Balaban J connectivity index is 1.28. The lowest BCUT2D eigenvalue weighted by atomic mass is 10.0. The van der Waals surface area contributed by atoms with Gasteiger partial charge in [-0.3, -0.25) is 14.3 Å². The number of pyridine rings is 1. The highest BCUT2D eigenvalue weighted by atomic mass is 19.4. The van der Waals surface area contributed by atoms with Gasteiger partial charge in [0.25, 0.3) is 0 Å². The molecule has 3 aromatic rings. The molecule has 4 heterocycles. The third-order valence-corrected chi connectivity index (χ3v) is 7.06. The first-order valence-corrected chi connectivity index (χ1v) is 12.5. The van der Waals surface area contributed by atoms with Crippen molar-refractivity contribution in [2.24, 2.45) is 0 Å². The van der Waals surface area contributed by atoms with Crippen LogP contribution in [-0.2, 0) is 9.53 Å². The number of rotatable bonds is 4. The number of halogens is 5. The monoisotopic (exact) mass is 568 g/mol. The van der Waals surface area contributed by atoms with Gasteiger partial charge in [0.15, 0.2) is 17.3 Å². The molecular formula is C25H25F5N6O4. The third-order valence-electron chi connectivity index (χ3n) is 7.06. The molecule has 2 atom stereocenters. The number of amides is 3. The topological polar surface area (TPSA) is 113 Å². The number of H-pyrrole nitrogens is 1. The maximum absolute atomic E-state index is 14.4. The number of carbonyl (C=O) groups excluding carboxylic acids is 2. The molecule has 3 amide bonds. The molecule has 0 aliphatic carbocycles. The minimum Gasteiger partial charge on any atom is -0.369 e. The Bertz CT molecular complexity index is 1470. The number of nitrogens with one attached hydrogen (secondary N) is 2. The number of imidazole rings is 1. The zero-order valence-electron chi connectivity index (χ0n) is 21.0. The fourth-order valence-electron chi connectivity index (χ4n) is 5.15. The molecule has 2 saturated heterocycles. The molecule has 2 N–H and O–H groups in total. The number of piperidine rings is 1. The van der Waals surface area contributed by atoms with E-state index >= 15 is 0 Å². The van der Waals surface area contributed by atoms with Crippen molar-refractivity contribution in [2.45, 2.75) is 37.2 Å². The van der Waals surface area contributed by atoms with E-state index in [9.17, 15) is 36.3 Å². The van der Waals surface area contributed by atoms with E-state index in [0.29, 0.717) is 28.9 Å². The summed E-state index contributed by atoms with van der Waals surface area (Å²) < 4.78 is 75.1. The van der Waals surface area contributed by atoms with Gasteiger partial charge in [0.1, 0.15) is 18.7 Å². The van der Waals surface area contributed by atoms with Gasteiger partial charge in [-0.1, -0.05) is 12.1 Å². The van der Waals surface area contributed by atoms with E-state index in [-0.39, 0.29) is 30.4 Å². The second-order valence-electron chi connectivity index (χ2n) is 9.69. The molecule has 15 heteroatoms. The van der Waals surface area contributed by atoms with Crippen LogP contribution in [0.4, 0.5) is 26.7 Å². The Morgan fingerprint density at radius 2 is 1.88 bits per heavy atom. The van der Waals surface area contributed by atoms with Gasteiger partial charge in [0.2, 0.25) is 5.91 Å². The number of benzene rings is 1. The Morgan fingerprint density at radius 3 is 2.60 bits per heavy atom. The second-order valence-corrected chi connectivity index (χ2v) is 9.69. The van der Waals surface area contributed by atoms with Crippen molar-refractivity contribution in [3.63, 3.8) is 0 Å². The highest BCUT2D eigenvalue weighted by Gasteiger charge is 2.41. The van der Waals surface area contributed by atoms with E-state index in [2.05, 4.69) is 15.3 Å². The molecule has 0 bridgehead atoms. The van der Waals surface area contributed by atoms with E-state index < -0.39 is 61.6 Å². The van der Waals surface area contributed by atoms with Crippen molar-refractivity contribution < 1.29 is 36.3 Å². The number of alkyl halides is 3. The van der Waals surface area contributed by atoms with E-state index in [1.807, 2.05) is 0 Å². The predicted octanol–water partition coefficient (Wildman–Crippen LogP) is 2.88. The summed E-state index contributed by atoms with van der Waals surface area (Å²) in [4.78, 5) is 47.2. The van der Waals surface area contributed by atoms with Crippen molar-refractivity contribution in [1.29, 1.82) is 0 Å². The van der Waals surface area contributed by atoms with Crippen LogP contribution >= 0.6 is 0 Å². The standard InChI is InChI=1S/C25H25F5N6O4/c26-16-4-1-3-15(20(16)27)19-11-35(13-25(28,29)30)22(37)17(12-40-19)32-23(38)34-9-6-14(7-10-34)36-18-5-2-8-31-21(18)33-24(36)39/h1-5,8,14,17,19H,6-7,9-13H2,(H,32,38)(H,31,33,39). The van der Waals surface area contributed by atoms with Gasteiger partial charge in [-0.05, 0) is 31.0 Å². The van der Waals surface area contributed by atoms with Crippen molar-refractivity contribution >= 4 is 23.1 Å². The summed E-state index contributed by atoms with van der Waals surface area (Å²) in [5.74, 6) is -3.56. The van der Waals surface area contributed by atoms with Crippen LogP contribution in [0.3, 0.4) is 0 Å². The molecule has 2 unspecified atom stereocenters. The predicted molar refractivity (Wildman–Crippen MR) is 130 cm³/mol. The number of nitrogens with zero attached hydrogens (tertiary/aromatic N) is 4. The average molecular weight is 569 g/mol. The van der Waals surface area contributed by atoms with Gasteiger partial charge in [-0.15, -0.1) is 0 Å². The van der Waals surface area contributed by atoms with Crippen LogP contribution in [-0.4, -0.2) is 81.3 Å². The molecule has 0 saturated carbocycles. The first kappa shape index (κ1) is 27.6. The molecule has 0 radical (unpaired) electrons. The molecule has 214 valence electrons. The molecule has 2 aliphatic heterocycles. The minimum atomic E-state index is -4.78. The molecule has 1 aromatic carbocycles. The molecule has 5 rings (SSSR count). The summed E-state index contributed by atoms with van der Waals surface area (Å²) in [5, 5.41) is 2.43. The van der Waals surface area contributed by atoms with Gasteiger partial charge < -0.3 is 19.9 Å². The van der Waals surface area contributed by atoms with Gasteiger partial charge >= 0.3 is 17.9 Å². The number of urea groups is 1. The quantitative estimate of drug-likeness (QED) is 0.471. The van der Waals surface area contributed by atoms with Crippen LogP contribution in [0, 0.1) is 11.6 Å². The third kappa shape index (κ3) is 5.64. The van der Waals surface area contributed by atoms with Gasteiger partial charge in [0, 0.05) is 30.9 Å². The number of likely N-dealkylation sites (tertiary alicyclic amines) is 1. The van der Waals surface area contributed by atoms with Crippen LogP contribution in [0.5, 0.6) is 0 Å². The Morgan fingerprint density at radius 1 is 1.12 bits per heavy atom. The number of carbonyl (C=O) groups is 2. The average Bonchev–Trinajstić information content (AvgIpc) is 3.18. The van der Waals surface area contributed by atoms with Gasteiger partial charge in [-0.25, -0.2) is 23.4 Å². The summed E-state index contributed by atoms with van der Waals surface area (Å²) in [6.07, 6.45) is -3.79. The first-order chi connectivity index (χ1) is 19.0. The minimum absolute atomic E-state index is 0.209. The van der Waals surface area contributed by atoms with Crippen LogP contribution in [0.15, 0.2) is 41.3 Å². The summed E-state index contributed by atoms with van der Waals surface area (Å²) in [6, 6.07) is 4.25. The Kier molecular flexibility index (Phi) is 7.49. The smallest absolute Gasteiger partial charge is 0.369 e. The molecular weight excluding hydrogens is 543 g/mol. The van der Waals surface area contributed by atoms with E-state index in [4.69, 9.17) is 4.74 Å². The molecule has 10 nitrogen and oxygen atoms in total. The second kappa shape index (κ2) is 10.9. The molecule has 40 heavy (non-hydrogen) atoms. The maximum atomic E-state index is 14.4. The number of ether oxygens (including phenoxy) is 1. The number of hydrogen-bond donors (Lipinski definition) is 2. The summed E-state index contributed by atoms with van der Waals surface area (Å²) in [5.41, 5.74) is 0.411. The van der Waals surface area contributed by atoms with Crippen LogP contribution in [0.2, 0.25) is 0 Å². The SMILES string of the molecule is O=C(NC1COC(c2cccc(F)c2F)CN(CC(F)(F)F)C1=O)N1CCC(n2c(=O)[nH]c3ncccc32)CC1. The zero-order chi connectivity index (χ0) is 28.6. The normalized spacial score (nSPS) is 21.1. The Hall–Kier alpha value is -4.01. The van der Waals surface area contributed by atoms with Crippen molar-refractivity contribution in [2.75, 3.05) is 32.8 Å². The van der Waals surface area contributed by atoms with Crippen molar-refractivity contribution in [1.82, 2.24) is 29.7 Å². The molecule has 0 spiro atoms. The number of aromatic amines is 1. The van der Waals surface area contributed by atoms with E-state index in [0.717, 1.165) is 12.1 Å². The lowest BCUT2D eigenvalue weighted by molar-refractivity contribution is -0.162. The van der Waals surface area contributed by atoms with Crippen molar-refractivity contribution in [3.05, 3.63) is 64.2 Å². The number of fused-ring (bicyclic) bond motifs is 1. The Labute approximate surface area is 223 Å². The molecule has 2 fully saturated rings. The van der Waals surface area contributed by atoms with Gasteiger partial charge in [0.05, 0.1) is 18.7 Å². The first-order valence-electron chi connectivity index (χ1n) is 12.5. The molecule has 2 aliphatic rings. The summed E-state index contributed by atoms with van der Waals surface area (Å²) in [7, 11) is 0. The van der Waals surface area contributed by atoms with Crippen LogP contribution in [0.25, 0.3) is 11.2 Å². The van der Waals surface area contributed by atoms with E-state index in [1.54, 1.807) is 22.9 Å². The summed E-state index contributed by atoms with van der Waals surface area (Å²) in [6.45, 7) is -2.48. The van der Waals surface area contributed by atoms with E-state index in [1.165, 1.54) is 11.0 Å². The van der Waals surface area contributed by atoms with Crippen LogP contribution < -0.4 is 11.0 Å². The largest absolute Gasteiger partial charge is 0.406 e. The van der Waals surface area contributed by atoms with Crippen molar-refractivity contribution in [3.8, 4) is 0 Å². The number of aromatic nitrogens is 3. The van der Waals surface area contributed by atoms with Gasteiger partial charge in [-0.2, -0.15) is 13.2 Å². The molecule has 2 aromatic heterocycles. The fourth-order valence-corrected chi connectivity index (χ4v) is 5.15. The lowest BCUT2D eigenvalue weighted by Crippen LogP contribution is -2.55. The highest BCUT2D eigenvalue weighted by molar-refractivity contribution is 5.87. The zero-order valence-corrected chi connectivity index (χ0v) is 21.0. The lowest BCUT2D eigenvalue weighted by Gasteiger charge is -2.33. The maximum Gasteiger partial charge on any atom is 0.406 e. The summed E-state index contributed by atoms with van der Waals surface area (Å²) >= 11 is 0.